The van der Waals surface area contributed by atoms with Crippen molar-refractivity contribution < 1.29 is 9.53 Å². The van der Waals surface area contributed by atoms with Crippen LogP contribution in [0.4, 0.5) is 15.6 Å². The SMILES string of the molecule is Cc1ccc(NC(=O)Nc2nnc(C(C)Oc3ccccc3)s2)cc1. The third-order valence-corrected chi connectivity index (χ3v) is 4.37. The van der Waals surface area contributed by atoms with Crippen LogP contribution < -0.4 is 15.4 Å². The summed E-state index contributed by atoms with van der Waals surface area (Å²) in [4.78, 5) is 12.0. The van der Waals surface area contributed by atoms with E-state index in [1.54, 1.807) is 0 Å². The number of rotatable bonds is 5. The quantitative estimate of drug-likeness (QED) is 0.700. The van der Waals surface area contributed by atoms with Crippen molar-refractivity contribution in [3.05, 3.63) is 65.2 Å². The van der Waals surface area contributed by atoms with Crippen molar-refractivity contribution in [2.75, 3.05) is 10.6 Å². The number of amides is 2. The number of urea groups is 1. The lowest BCUT2D eigenvalue weighted by molar-refractivity contribution is 0.225. The monoisotopic (exact) mass is 354 g/mol. The fraction of sp³-hybridized carbons (Fsp3) is 0.167. The molecule has 0 aliphatic rings. The number of nitrogens with zero attached hydrogens (tertiary/aromatic N) is 2. The number of carbonyl (C=O) groups is 1. The lowest BCUT2D eigenvalue weighted by Gasteiger charge is -2.11. The van der Waals surface area contributed by atoms with Gasteiger partial charge in [0.25, 0.3) is 0 Å². The number of para-hydroxylation sites is 1. The van der Waals surface area contributed by atoms with Gasteiger partial charge in [0.05, 0.1) is 0 Å². The van der Waals surface area contributed by atoms with Gasteiger partial charge in [-0.1, -0.05) is 47.2 Å². The molecule has 6 nitrogen and oxygen atoms in total. The van der Waals surface area contributed by atoms with Crippen LogP contribution in [0.5, 0.6) is 5.75 Å². The van der Waals surface area contributed by atoms with Gasteiger partial charge in [0.2, 0.25) is 5.13 Å². The number of aryl methyl sites for hydroxylation is 1. The van der Waals surface area contributed by atoms with Crippen molar-refractivity contribution in [2.24, 2.45) is 0 Å². The normalized spacial score (nSPS) is 11.6. The summed E-state index contributed by atoms with van der Waals surface area (Å²) in [6.45, 7) is 3.88. The zero-order valence-corrected chi connectivity index (χ0v) is 14.7. The largest absolute Gasteiger partial charge is 0.483 e. The predicted molar refractivity (Wildman–Crippen MR) is 99.2 cm³/mol. The Morgan fingerprint density at radius 3 is 2.48 bits per heavy atom. The van der Waals surface area contributed by atoms with E-state index in [0.717, 1.165) is 11.3 Å². The van der Waals surface area contributed by atoms with E-state index in [2.05, 4.69) is 20.8 Å². The second-order valence-corrected chi connectivity index (χ2v) is 6.47. The maximum Gasteiger partial charge on any atom is 0.325 e. The van der Waals surface area contributed by atoms with Crippen molar-refractivity contribution in [1.82, 2.24) is 10.2 Å². The van der Waals surface area contributed by atoms with Gasteiger partial charge in [0, 0.05) is 5.69 Å². The molecule has 7 heteroatoms. The van der Waals surface area contributed by atoms with Crippen LogP contribution in [0.15, 0.2) is 54.6 Å². The molecule has 2 amide bonds. The van der Waals surface area contributed by atoms with E-state index in [4.69, 9.17) is 4.74 Å². The number of carbonyl (C=O) groups excluding carboxylic acids is 1. The number of hydrogen-bond acceptors (Lipinski definition) is 5. The molecule has 1 heterocycles. The van der Waals surface area contributed by atoms with Crippen molar-refractivity contribution in [1.29, 1.82) is 0 Å². The maximum atomic E-state index is 12.0. The molecule has 1 aromatic heterocycles. The fourth-order valence-electron chi connectivity index (χ4n) is 2.10. The van der Waals surface area contributed by atoms with E-state index in [9.17, 15) is 4.79 Å². The van der Waals surface area contributed by atoms with Gasteiger partial charge < -0.3 is 10.1 Å². The van der Waals surface area contributed by atoms with Crippen molar-refractivity contribution in [3.8, 4) is 5.75 Å². The molecule has 128 valence electrons. The molecule has 1 atom stereocenters. The summed E-state index contributed by atoms with van der Waals surface area (Å²) in [6, 6.07) is 16.7. The van der Waals surface area contributed by atoms with Crippen LogP contribution in [-0.2, 0) is 0 Å². The highest BCUT2D eigenvalue weighted by Gasteiger charge is 2.15. The van der Waals surface area contributed by atoms with Crippen LogP contribution in [0.3, 0.4) is 0 Å². The number of hydrogen-bond donors (Lipinski definition) is 2. The summed E-state index contributed by atoms with van der Waals surface area (Å²) in [5.74, 6) is 0.761. The molecule has 0 aliphatic heterocycles. The van der Waals surface area contributed by atoms with Gasteiger partial charge in [0.15, 0.2) is 5.01 Å². The Bertz CT molecular complexity index is 834. The zero-order valence-electron chi connectivity index (χ0n) is 13.9. The van der Waals surface area contributed by atoms with Crippen LogP contribution >= 0.6 is 11.3 Å². The summed E-state index contributed by atoms with van der Waals surface area (Å²) in [7, 11) is 0. The Labute approximate surface area is 149 Å². The number of aromatic nitrogens is 2. The Balaban J connectivity index is 1.57. The van der Waals surface area contributed by atoms with Crippen LogP contribution in [0.2, 0.25) is 0 Å². The number of nitrogens with one attached hydrogen (secondary N) is 2. The van der Waals surface area contributed by atoms with E-state index in [1.165, 1.54) is 11.3 Å². The Morgan fingerprint density at radius 1 is 1.04 bits per heavy atom. The molecule has 0 fully saturated rings. The first-order valence-electron chi connectivity index (χ1n) is 7.80. The molecule has 0 radical (unpaired) electrons. The first-order chi connectivity index (χ1) is 12.1. The molecule has 0 saturated heterocycles. The van der Waals surface area contributed by atoms with Crippen molar-refractivity contribution >= 4 is 28.2 Å². The van der Waals surface area contributed by atoms with Gasteiger partial charge in [-0.25, -0.2) is 4.79 Å². The smallest absolute Gasteiger partial charge is 0.325 e. The van der Waals surface area contributed by atoms with E-state index >= 15 is 0 Å². The molecular formula is C18H18N4O2S. The Kier molecular flexibility index (Phi) is 5.25. The molecule has 2 N–H and O–H groups in total. The second-order valence-electron chi connectivity index (χ2n) is 5.46. The van der Waals surface area contributed by atoms with E-state index in [0.29, 0.717) is 15.8 Å². The molecule has 0 spiro atoms. The topological polar surface area (TPSA) is 76.1 Å². The minimum absolute atomic E-state index is 0.254. The molecule has 2 aromatic carbocycles. The highest BCUT2D eigenvalue weighted by Crippen LogP contribution is 2.26. The molecule has 1 unspecified atom stereocenters. The van der Waals surface area contributed by atoms with Crippen molar-refractivity contribution in [3.63, 3.8) is 0 Å². The second kappa shape index (κ2) is 7.76. The summed E-state index contributed by atoms with van der Waals surface area (Å²) < 4.78 is 5.81. The molecule has 3 rings (SSSR count). The Hall–Kier alpha value is -2.93. The van der Waals surface area contributed by atoms with Crippen LogP contribution in [0.1, 0.15) is 23.6 Å². The lowest BCUT2D eigenvalue weighted by atomic mass is 10.2. The molecule has 0 saturated carbocycles. The van der Waals surface area contributed by atoms with Gasteiger partial charge in [-0.2, -0.15) is 0 Å². The minimum atomic E-state index is -0.358. The summed E-state index contributed by atoms with van der Waals surface area (Å²) in [5.41, 5.74) is 1.85. The fourth-order valence-corrected chi connectivity index (χ4v) is 2.82. The van der Waals surface area contributed by atoms with E-state index < -0.39 is 0 Å². The number of ether oxygens (including phenoxy) is 1. The Morgan fingerprint density at radius 2 is 1.76 bits per heavy atom. The van der Waals surface area contributed by atoms with E-state index in [1.807, 2.05) is 68.4 Å². The van der Waals surface area contributed by atoms with Gasteiger partial charge >= 0.3 is 6.03 Å². The standard InChI is InChI=1S/C18H18N4O2S/c1-12-8-10-14(11-9-12)19-17(23)20-18-22-21-16(25-18)13(2)24-15-6-4-3-5-7-15/h3-11,13H,1-2H3,(H2,19,20,22,23). The summed E-state index contributed by atoms with van der Waals surface area (Å²) >= 11 is 1.28. The third-order valence-electron chi connectivity index (χ3n) is 3.37. The van der Waals surface area contributed by atoms with Crippen LogP contribution in [-0.4, -0.2) is 16.2 Å². The molecule has 0 aliphatic carbocycles. The molecule has 3 aromatic rings. The van der Waals surface area contributed by atoms with Gasteiger partial charge in [-0.3, -0.25) is 5.32 Å². The predicted octanol–water partition coefficient (Wildman–Crippen LogP) is 4.63. The first-order valence-corrected chi connectivity index (χ1v) is 8.61. The average molecular weight is 354 g/mol. The van der Waals surface area contributed by atoms with E-state index in [-0.39, 0.29) is 12.1 Å². The number of benzene rings is 2. The average Bonchev–Trinajstić information content (AvgIpc) is 3.06. The van der Waals surface area contributed by atoms with Gasteiger partial charge in [-0.15, -0.1) is 10.2 Å². The van der Waals surface area contributed by atoms with Crippen molar-refractivity contribution in [2.45, 2.75) is 20.0 Å². The highest BCUT2D eigenvalue weighted by molar-refractivity contribution is 7.15. The van der Waals surface area contributed by atoms with Gasteiger partial charge in [-0.05, 0) is 38.1 Å². The molecule has 25 heavy (non-hydrogen) atoms. The lowest BCUT2D eigenvalue weighted by Crippen LogP contribution is -2.19. The summed E-state index contributed by atoms with van der Waals surface area (Å²) in [5, 5.41) is 14.6. The van der Waals surface area contributed by atoms with Crippen LogP contribution in [0.25, 0.3) is 0 Å². The maximum absolute atomic E-state index is 12.0. The number of anilines is 2. The van der Waals surface area contributed by atoms with Crippen LogP contribution in [0, 0.1) is 6.92 Å². The third kappa shape index (κ3) is 4.77. The molecule has 0 bridgehead atoms. The van der Waals surface area contributed by atoms with Gasteiger partial charge in [0.1, 0.15) is 11.9 Å². The first kappa shape index (κ1) is 16.9. The minimum Gasteiger partial charge on any atom is -0.483 e. The molecular weight excluding hydrogens is 336 g/mol. The summed E-state index contributed by atoms with van der Waals surface area (Å²) in [6.07, 6.45) is -0.254. The zero-order chi connectivity index (χ0) is 17.6. The highest BCUT2D eigenvalue weighted by atomic mass is 32.1.